The summed E-state index contributed by atoms with van der Waals surface area (Å²) in [7, 11) is 0. The van der Waals surface area contributed by atoms with Gasteiger partial charge in [-0.2, -0.15) is 5.10 Å². The smallest absolute Gasteiger partial charge is 0.182 e. The van der Waals surface area contributed by atoms with Crippen molar-refractivity contribution in [2.45, 2.75) is 32.7 Å². The fourth-order valence-corrected chi connectivity index (χ4v) is 4.86. The molecule has 1 N–H and O–H groups in total. The van der Waals surface area contributed by atoms with Crippen LogP contribution in [-0.2, 0) is 19.4 Å². The molecule has 11 heteroatoms. The number of rotatable bonds is 7. The molecule has 6 rings (SSSR count). The SMILES string of the molecule is CCOc1cc(F)c(Cn2nc(-c3nc4c(c(Nc5cc(Cl)ncn5)n3)CCC4)c3ccccc32)c(F)c1. The second-order valence-electron chi connectivity index (χ2n) is 8.85. The summed E-state index contributed by atoms with van der Waals surface area (Å²) < 4.78 is 36.6. The average molecular weight is 534 g/mol. The van der Waals surface area contributed by atoms with E-state index in [1.165, 1.54) is 18.5 Å². The molecule has 8 nitrogen and oxygen atoms in total. The summed E-state index contributed by atoms with van der Waals surface area (Å²) in [4.78, 5) is 17.8. The molecule has 0 unspecified atom stereocenters. The predicted molar refractivity (Wildman–Crippen MR) is 140 cm³/mol. The van der Waals surface area contributed by atoms with Crippen LogP contribution < -0.4 is 10.1 Å². The van der Waals surface area contributed by atoms with E-state index < -0.39 is 11.6 Å². The standard InChI is InChI=1S/C27H22ClF2N7O/c1-2-38-15-10-19(29)18(20(30)11-15)13-37-22-9-4-3-6-17(22)25(36-37)27-33-21-8-5-7-16(21)26(35-27)34-24-12-23(28)31-14-32-24/h3-4,6,9-12,14H,2,5,7-8,13H2,1H3,(H,31,32,33,34,35). The van der Waals surface area contributed by atoms with Crippen molar-refractivity contribution in [2.75, 3.05) is 11.9 Å². The van der Waals surface area contributed by atoms with Gasteiger partial charge in [0.1, 0.15) is 46.2 Å². The van der Waals surface area contributed by atoms with E-state index >= 15 is 0 Å². The number of nitrogens with zero attached hydrogens (tertiary/aromatic N) is 6. The first kappa shape index (κ1) is 24.2. The van der Waals surface area contributed by atoms with E-state index in [2.05, 4.69) is 15.3 Å². The summed E-state index contributed by atoms with van der Waals surface area (Å²) in [5, 5.41) is 9.07. The van der Waals surface area contributed by atoms with E-state index in [9.17, 15) is 8.78 Å². The highest BCUT2D eigenvalue weighted by Gasteiger charge is 2.24. The molecule has 0 saturated carbocycles. The third kappa shape index (κ3) is 4.51. The van der Waals surface area contributed by atoms with Crippen molar-refractivity contribution < 1.29 is 13.5 Å². The van der Waals surface area contributed by atoms with Crippen molar-refractivity contribution in [2.24, 2.45) is 0 Å². The molecule has 38 heavy (non-hydrogen) atoms. The van der Waals surface area contributed by atoms with Crippen LogP contribution in [-0.4, -0.2) is 36.3 Å². The zero-order valence-corrected chi connectivity index (χ0v) is 21.1. The molecular formula is C27H22ClF2N7O. The van der Waals surface area contributed by atoms with Crippen molar-refractivity contribution in [3.8, 4) is 17.3 Å². The molecule has 5 aromatic rings. The number of hydrogen-bond donors (Lipinski definition) is 1. The molecule has 2 aromatic carbocycles. The highest BCUT2D eigenvalue weighted by molar-refractivity contribution is 6.29. The van der Waals surface area contributed by atoms with Crippen molar-refractivity contribution in [1.29, 1.82) is 0 Å². The number of nitrogens with one attached hydrogen (secondary N) is 1. The maximum atomic E-state index is 14.9. The molecule has 0 spiro atoms. The van der Waals surface area contributed by atoms with Crippen molar-refractivity contribution in [3.05, 3.63) is 82.4 Å². The van der Waals surface area contributed by atoms with Gasteiger partial charge in [-0.1, -0.05) is 29.8 Å². The quantitative estimate of drug-likeness (QED) is 0.261. The van der Waals surface area contributed by atoms with Gasteiger partial charge in [-0.25, -0.2) is 28.7 Å². The van der Waals surface area contributed by atoms with Crippen LogP contribution >= 0.6 is 11.6 Å². The van der Waals surface area contributed by atoms with Crippen LogP contribution in [0, 0.1) is 11.6 Å². The largest absolute Gasteiger partial charge is 0.494 e. The molecule has 0 bridgehead atoms. The zero-order valence-electron chi connectivity index (χ0n) is 20.4. The Balaban J connectivity index is 1.43. The number of aryl methyl sites for hydroxylation is 1. The van der Waals surface area contributed by atoms with Gasteiger partial charge in [-0.15, -0.1) is 0 Å². The minimum atomic E-state index is -0.696. The predicted octanol–water partition coefficient (Wildman–Crippen LogP) is 5.89. The van der Waals surface area contributed by atoms with E-state index in [-0.39, 0.29) is 17.9 Å². The van der Waals surface area contributed by atoms with E-state index in [1.807, 2.05) is 24.3 Å². The summed E-state index contributed by atoms with van der Waals surface area (Å²) >= 11 is 6.04. The highest BCUT2D eigenvalue weighted by atomic mass is 35.5. The van der Waals surface area contributed by atoms with Gasteiger partial charge in [0.05, 0.1) is 18.7 Å². The molecule has 0 amide bonds. The maximum absolute atomic E-state index is 14.9. The van der Waals surface area contributed by atoms with Gasteiger partial charge >= 0.3 is 0 Å². The lowest BCUT2D eigenvalue weighted by Crippen LogP contribution is -2.08. The summed E-state index contributed by atoms with van der Waals surface area (Å²) in [6, 6.07) is 11.5. The molecule has 3 heterocycles. The third-order valence-corrected chi connectivity index (χ3v) is 6.62. The Morgan fingerprint density at radius 1 is 1.05 bits per heavy atom. The number of fused-ring (bicyclic) bond motifs is 2. The minimum Gasteiger partial charge on any atom is -0.494 e. The van der Waals surface area contributed by atoms with Crippen LogP contribution in [0.5, 0.6) is 5.75 Å². The number of para-hydroxylation sites is 1. The summed E-state index contributed by atoms with van der Waals surface area (Å²) in [6.07, 6.45) is 3.98. The molecule has 0 fully saturated rings. The Bertz CT molecular complexity index is 1650. The van der Waals surface area contributed by atoms with Gasteiger partial charge in [0.25, 0.3) is 0 Å². The van der Waals surface area contributed by atoms with Crippen molar-refractivity contribution >= 4 is 34.1 Å². The molecule has 1 aliphatic rings. The first-order valence-electron chi connectivity index (χ1n) is 12.2. The number of aromatic nitrogens is 6. The topological polar surface area (TPSA) is 90.6 Å². The number of benzene rings is 2. The lowest BCUT2D eigenvalue weighted by Gasteiger charge is -2.11. The van der Waals surface area contributed by atoms with E-state index in [1.54, 1.807) is 17.7 Å². The Morgan fingerprint density at radius 3 is 2.66 bits per heavy atom. The summed E-state index contributed by atoms with van der Waals surface area (Å²) in [5.74, 6) is 0.307. The Labute approximate surface area is 221 Å². The van der Waals surface area contributed by atoms with Crippen LogP contribution in [0.25, 0.3) is 22.4 Å². The lowest BCUT2D eigenvalue weighted by atomic mass is 10.1. The Hall–Kier alpha value is -4.18. The van der Waals surface area contributed by atoms with Gasteiger partial charge in [-0.05, 0) is 32.3 Å². The Kier molecular flexibility index (Phi) is 6.32. The van der Waals surface area contributed by atoms with Gasteiger partial charge in [0.2, 0.25) is 0 Å². The Morgan fingerprint density at radius 2 is 1.87 bits per heavy atom. The van der Waals surface area contributed by atoms with Crippen LogP contribution in [0.2, 0.25) is 5.15 Å². The van der Waals surface area contributed by atoms with Crippen LogP contribution in [0.15, 0.2) is 48.8 Å². The normalized spacial score (nSPS) is 12.6. The highest BCUT2D eigenvalue weighted by Crippen LogP contribution is 2.33. The van der Waals surface area contributed by atoms with Gasteiger partial charge in [-0.3, -0.25) is 4.68 Å². The molecule has 3 aromatic heterocycles. The van der Waals surface area contributed by atoms with Gasteiger partial charge in [0, 0.05) is 40.4 Å². The molecule has 0 radical (unpaired) electrons. The number of hydrogen-bond acceptors (Lipinski definition) is 7. The monoisotopic (exact) mass is 533 g/mol. The number of halogens is 3. The molecule has 192 valence electrons. The van der Waals surface area contributed by atoms with E-state index in [4.69, 9.17) is 31.4 Å². The van der Waals surface area contributed by atoms with Gasteiger partial charge in [0.15, 0.2) is 5.82 Å². The van der Waals surface area contributed by atoms with Crippen LogP contribution in [0.4, 0.5) is 20.4 Å². The summed E-state index contributed by atoms with van der Waals surface area (Å²) in [6.45, 7) is 1.96. The zero-order chi connectivity index (χ0) is 26.2. The molecule has 0 aliphatic heterocycles. The first-order chi connectivity index (χ1) is 18.5. The van der Waals surface area contributed by atoms with Crippen molar-refractivity contribution in [1.82, 2.24) is 29.7 Å². The molecule has 0 saturated heterocycles. The fourth-order valence-electron chi connectivity index (χ4n) is 4.71. The van der Waals surface area contributed by atoms with E-state index in [0.29, 0.717) is 40.4 Å². The molecule has 1 aliphatic carbocycles. The second-order valence-corrected chi connectivity index (χ2v) is 9.23. The molecule has 0 atom stereocenters. The van der Waals surface area contributed by atoms with Crippen LogP contribution in [0.3, 0.4) is 0 Å². The lowest BCUT2D eigenvalue weighted by molar-refractivity contribution is 0.335. The number of ether oxygens (including phenoxy) is 1. The van der Waals surface area contributed by atoms with Crippen LogP contribution in [0.1, 0.15) is 30.2 Å². The maximum Gasteiger partial charge on any atom is 0.182 e. The third-order valence-electron chi connectivity index (χ3n) is 6.42. The fraction of sp³-hybridized carbons (Fsp3) is 0.222. The summed E-state index contributed by atoms with van der Waals surface area (Å²) in [5.41, 5.74) is 3.07. The number of anilines is 2. The van der Waals surface area contributed by atoms with E-state index in [0.717, 1.165) is 35.9 Å². The first-order valence-corrected chi connectivity index (χ1v) is 12.6. The van der Waals surface area contributed by atoms with Crippen molar-refractivity contribution in [3.63, 3.8) is 0 Å². The molecular weight excluding hydrogens is 512 g/mol. The minimum absolute atomic E-state index is 0.105. The second kappa shape index (κ2) is 9.94. The van der Waals surface area contributed by atoms with Gasteiger partial charge < -0.3 is 10.1 Å². The average Bonchev–Trinajstić information content (AvgIpc) is 3.52.